The number of benzene rings is 1. The Morgan fingerprint density at radius 3 is 3.00 bits per heavy atom. The summed E-state index contributed by atoms with van der Waals surface area (Å²) in [7, 11) is -3.43. The van der Waals surface area contributed by atoms with Crippen molar-refractivity contribution in [2.75, 3.05) is 18.4 Å². The van der Waals surface area contributed by atoms with E-state index < -0.39 is 10.0 Å². The third kappa shape index (κ3) is 3.45. The zero-order chi connectivity index (χ0) is 14.7. The van der Waals surface area contributed by atoms with E-state index in [0.29, 0.717) is 11.4 Å². The van der Waals surface area contributed by atoms with E-state index in [1.165, 1.54) is 10.4 Å². The summed E-state index contributed by atoms with van der Waals surface area (Å²) in [6.45, 7) is 1.33. The zero-order valence-electron chi connectivity index (χ0n) is 11.6. The van der Waals surface area contributed by atoms with Crippen molar-refractivity contribution in [1.29, 1.82) is 0 Å². The highest BCUT2D eigenvalue weighted by molar-refractivity contribution is 7.89. The number of hydrogen-bond donors (Lipinski definition) is 2. The van der Waals surface area contributed by atoms with Crippen molar-refractivity contribution in [2.24, 2.45) is 0 Å². The fraction of sp³-hybridized carbons (Fsp3) is 0.333. The highest BCUT2D eigenvalue weighted by Gasteiger charge is 2.17. The van der Waals surface area contributed by atoms with Crippen LogP contribution in [0.15, 0.2) is 40.6 Å². The number of sulfonamides is 1. The molecule has 4 nitrogen and oxygen atoms in total. The molecule has 0 spiro atoms. The highest BCUT2D eigenvalue weighted by atomic mass is 32.2. The van der Waals surface area contributed by atoms with E-state index in [1.807, 2.05) is 23.6 Å². The van der Waals surface area contributed by atoms with Crippen LogP contribution in [-0.2, 0) is 22.9 Å². The number of rotatable bonds is 5. The Kier molecular flexibility index (Phi) is 4.28. The quantitative estimate of drug-likeness (QED) is 0.890. The van der Waals surface area contributed by atoms with Crippen molar-refractivity contribution in [1.82, 2.24) is 4.72 Å². The molecule has 2 N–H and O–H groups in total. The summed E-state index contributed by atoms with van der Waals surface area (Å²) in [5, 5.41) is 5.26. The fourth-order valence-corrected chi connectivity index (χ4v) is 4.22. The van der Waals surface area contributed by atoms with Crippen LogP contribution in [0.5, 0.6) is 0 Å². The summed E-state index contributed by atoms with van der Waals surface area (Å²) in [5.74, 6) is 0. The van der Waals surface area contributed by atoms with Gasteiger partial charge in [-0.3, -0.25) is 0 Å². The van der Waals surface area contributed by atoms with Crippen LogP contribution in [0.4, 0.5) is 5.69 Å². The van der Waals surface area contributed by atoms with Crippen LogP contribution in [0, 0.1) is 0 Å². The van der Waals surface area contributed by atoms with Crippen molar-refractivity contribution >= 4 is 27.0 Å². The summed E-state index contributed by atoms with van der Waals surface area (Å²) in [6.07, 6.45) is 2.83. The standard InChI is InChI=1S/C15H18N2O2S2/c18-21(19,17-9-7-13-4-2-10-20-13)14-6-5-12-3-1-8-16-15(12)11-14/h2,4-6,10-11,16-17H,1,3,7-9H2. The Labute approximate surface area is 129 Å². The largest absolute Gasteiger partial charge is 0.385 e. The molecule has 1 aromatic carbocycles. The van der Waals surface area contributed by atoms with Gasteiger partial charge in [0.1, 0.15) is 0 Å². The van der Waals surface area contributed by atoms with Crippen LogP contribution in [0.2, 0.25) is 0 Å². The number of nitrogens with one attached hydrogen (secondary N) is 2. The van der Waals surface area contributed by atoms with E-state index in [2.05, 4.69) is 10.0 Å². The first-order valence-corrected chi connectivity index (χ1v) is 9.40. The van der Waals surface area contributed by atoms with Crippen LogP contribution in [0.3, 0.4) is 0 Å². The Morgan fingerprint density at radius 1 is 1.29 bits per heavy atom. The molecule has 21 heavy (non-hydrogen) atoms. The SMILES string of the molecule is O=S(=O)(NCCc1cccs1)c1ccc2c(c1)NCCC2. The van der Waals surface area contributed by atoms with E-state index in [1.54, 1.807) is 23.5 Å². The van der Waals surface area contributed by atoms with Gasteiger partial charge in [-0.15, -0.1) is 11.3 Å². The molecular formula is C15H18N2O2S2. The Morgan fingerprint density at radius 2 is 2.19 bits per heavy atom. The minimum atomic E-state index is -3.43. The second-order valence-corrected chi connectivity index (χ2v) is 7.88. The molecule has 0 radical (unpaired) electrons. The van der Waals surface area contributed by atoms with Gasteiger partial charge >= 0.3 is 0 Å². The van der Waals surface area contributed by atoms with E-state index in [-0.39, 0.29) is 0 Å². The maximum absolute atomic E-state index is 12.3. The molecule has 1 aliphatic heterocycles. The molecule has 1 aliphatic rings. The molecule has 0 saturated heterocycles. The molecule has 3 rings (SSSR count). The summed E-state index contributed by atoms with van der Waals surface area (Å²) in [6, 6.07) is 9.34. The number of hydrogen-bond acceptors (Lipinski definition) is 4. The first-order valence-electron chi connectivity index (χ1n) is 7.04. The van der Waals surface area contributed by atoms with Crippen LogP contribution < -0.4 is 10.0 Å². The smallest absolute Gasteiger partial charge is 0.240 e. The molecular weight excluding hydrogens is 304 g/mol. The minimum absolute atomic E-state index is 0.335. The Bertz CT molecular complexity index is 709. The lowest BCUT2D eigenvalue weighted by Crippen LogP contribution is -2.26. The highest BCUT2D eigenvalue weighted by Crippen LogP contribution is 2.25. The molecule has 112 valence electrons. The molecule has 0 amide bonds. The minimum Gasteiger partial charge on any atom is -0.385 e. The molecule has 0 aliphatic carbocycles. The summed E-state index contributed by atoms with van der Waals surface area (Å²) in [4.78, 5) is 1.52. The van der Waals surface area contributed by atoms with E-state index in [0.717, 1.165) is 31.5 Å². The van der Waals surface area contributed by atoms with Gasteiger partial charge in [-0.2, -0.15) is 0 Å². The molecule has 0 saturated carbocycles. The zero-order valence-corrected chi connectivity index (χ0v) is 13.3. The van der Waals surface area contributed by atoms with Crippen molar-refractivity contribution in [2.45, 2.75) is 24.2 Å². The second kappa shape index (κ2) is 6.17. The number of thiophene rings is 1. The summed E-state index contributed by atoms with van der Waals surface area (Å²) in [5.41, 5.74) is 2.14. The normalized spacial score (nSPS) is 14.5. The summed E-state index contributed by atoms with van der Waals surface area (Å²) < 4.78 is 27.3. The van der Waals surface area contributed by atoms with Gasteiger partial charge in [0.2, 0.25) is 10.0 Å². The third-order valence-electron chi connectivity index (χ3n) is 3.57. The second-order valence-electron chi connectivity index (χ2n) is 5.08. The summed E-state index contributed by atoms with van der Waals surface area (Å²) >= 11 is 1.64. The van der Waals surface area contributed by atoms with E-state index >= 15 is 0 Å². The number of aryl methyl sites for hydroxylation is 1. The molecule has 2 aromatic rings. The molecule has 0 bridgehead atoms. The molecule has 0 atom stereocenters. The van der Waals surface area contributed by atoms with Crippen molar-refractivity contribution in [3.8, 4) is 0 Å². The Balaban J connectivity index is 1.69. The molecule has 0 fully saturated rings. The third-order valence-corrected chi connectivity index (χ3v) is 5.97. The van der Waals surface area contributed by atoms with Crippen LogP contribution in [0.1, 0.15) is 16.9 Å². The van der Waals surface area contributed by atoms with Crippen molar-refractivity contribution < 1.29 is 8.42 Å². The fourth-order valence-electron chi connectivity index (χ4n) is 2.45. The molecule has 2 heterocycles. The van der Waals surface area contributed by atoms with Gasteiger partial charge in [0.05, 0.1) is 4.90 Å². The van der Waals surface area contributed by atoms with Gasteiger partial charge in [-0.05, 0) is 48.4 Å². The predicted molar refractivity (Wildman–Crippen MR) is 86.5 cm³/mol. The van der Waals surface area contributed by atoms with Gasteiger partial charge in [0.25, 0.3) is 0 Å². The maximum atomic E-state index is 12.3. The topological polar surface area (TPSA) is 58.2 Å². The molecule has 6 heteroatoms. The monoisotopic (exact) mass is 322 g/mol. The van der Waals surface area contributed by atoms with Gasteiger partial charge in [0, 0.05) is 23.7 Å². The van der Waals surface area contributed by atoms with Gasteiger partial charge in [0.15, 0.2) is 0 Å². The van der Waals surface area contributed by atoms with Crippen molar-refractivity contribution in [3.63, 3.8) is 0 Å². The van der Waals surface area contributed by atoms with Gasteiger partial charge in [-0.1, -0.05) is 12.1 Å². The lowest BCUT2D eigenvalue weighted by molar-refractivity contribution is 0.582. The van der Waals surface area contributed by atoms with E-state index in [9.17, 15) is 8.42 Å². The van der Waals surface area contributed by atoms with Crippen LogP contribution >= 0.6 is 11.3 Å². The molecule has 1 aromatic heterocycles. The number of fused-ring (bicyclic) bond motifs is 1. The van der Waals surface area contributed by atoms with Crippen molar-refractivity contribution in [3.05, 3.63) is 46.2 Å². The van der Waals surface area contributed by atoms with E-state index in [4.69, 9.17) is 0 Å². The van der Waals surface area contributed by atoms with Crippen LogP contribution in [-0.4, -0.2) is 21.5 Å². The average molecular weight is 322 g/mol. The van der Waals surface area contributed by atoms with Gasteiger partial charge < -0.3 is 5.32 Å². The Hall–Kier alpha value is -1.37. The predicted octanol–water partition coefficient (Wildman–Crippen LogP) is 2.63. The first kappa shape index (κ1) is 14.6. The number of anilines is 1. The maximum Gasteiger partial charge on any atom is 0.240 e. The lowest BCUT2D eigenvalue weighted by Gasteiger charge is -2.18. The first-order chi connectivity index (χ1) is 10.1. The lowest BCUT2D eigenvalue weighted by atomic mass is 10.0. The molecule has 0 unspecified atom stereocenters. The average Bonchev–Trinajstić information content (AvgIpc) is 3.00. The van der Waals surface area contributed by atoms with Crippen LogP contribution in [0.25, 0.3) is 0 Å². The van der Waals surface area contributed by atoms with Gasteiger partial charge in [-0.25, -0.2) is 13.1 Å².